The van der Waals surface area contributed by atoms with Crippen LogP contribution in [-0.4, -0.2) is 38.8 Å². The number of rotatable bonds is 5. The minimum Gasteiger partial charge on any atom is -0.480 e. The second-order valence-electron chi connectivity index (χ2n) is 7.24. The summed E-state index contributed by atoms with van der Waals surface area (Å²) in [7, 11) is 0. The molecule has 1 fully saturated rings. The molecule has 0 bridgehead atoms. The fourth-order valence-corrected chi connectivity index (χ4v) is 3.65. The number of carbonyl (C=O) groups is 1. The molecule has 0 aromatic carbocycles. The number of aromatic nitrogens is 3. The number of carboxylic acid groups (broad SMARTS) is 1. The Morgan fingerprint density at radius 2 is 2.19 bits per heavy atom. The summed E-state index contributed by atoms with van der Waals surface area (Å²) in [6, 6.07) is 1.32. The van der Waals surface area contributed by atoms with Crippen LogP contribution in [0.1, 0.15) is 56.0 Å². The van der Waals surface area contributed by atoms with Crippen LogP contribution in [0, 0.1) is 0 Å². The number of fused-ring (bicyclic) bond motifs is 1. The molecule has 0 spiro atoms. The minimum atomic E-state index is -0.821. The lowest BCUT2D eigenvalue weighted by molar-refractivity contribution is -0.138. The molecule has 0 saturated carbocycles. The molecule has 1 aliphatic carbocycles. The van der Waals surface area contributed by atoms with Gasteiger partial charge in [-0.3, -0.25) is 0 Å². The van der Waals surface area contributed by atoms with Gasteiger partial charge in [-0.25, -0.2) is 9.78 Å². The van der Waals surface area contributed by atoms with E-state index >= 15 is 0 Å². The Labute approximate surface area is 151 Å². The second kappa shape index (κ2) is 6.59. The van der Waals surface area contributed by atoms with E-state index in [-0.39, 0.29) is 5.92 Å². The van der Waals surface area contributed by atoms with E-state index in [0.717, 1.165) is 42.6 Å². The van der Waals surface area contributed by atoms with Gasteiger partial charge in [-0.1, -0.05) is 19.0 Å². The van der Waals surface area contributed by atoms with Crippen molar-refractivity contribution in [3.8, 4) is 0 Å². The molecule has 2 aromatic rings. The van der Waals surface area contributed by atoms with Gasteiger partial charge >= 0.3 is 5.97 Å². The number of carboxylic acids is 1. The second-order valence-corrected chi connectivity index (χ2v) is 7.24. The number of hydrogen-bond acceptors (Lipinski definition) is 7. The van der Waals surface area contributed by atoms with Gasteiger partial charge < -0.3 is 19.8 Å². The van der Waals surface area contributed by atoms with Crippen molar-refractivity contribution < 1.29 is 14.4 Å². The SMILES string of the molecule is CC(C)c1cc(Nc2nc(N3CCCC3C(=O)O)nc3c2CCC3)on1. The van der Waals surface area contributed by atoms with Gasteiger partial charge in [0.15, 0.2) is 0 Å². The van der Waals surface area contributed by atoms with Crippen LogP contribution in [0.25, 0.3) is 0 Å². The van der Waals surface area contributed by atoms with Crippen LogP contribution in [0.5, 0.6) is 0 Å². The first-order valence-corrected chi connectivity index (χ1v) is 9.16. The third-order valence-corrected chi connectivity index (χ3v) is 5.08. The molecular weight excluding hydrogens is 334 g/mol. The van der Waals surface area contributed by atoms with Gasteiger partial charge in [0.2, 0.25) is 11.8 Å². The summed E-state index contributed by atoms with van der Waals surface area (Å²) in [6.45, 7) is 4.78. The maximum absolute atomic E-state index is 11.5. The van der Waals surface area contributed by atoms with Gasteiger partial charge in [0, 0.05) is 18.2 Å². The first kappa shape index (κ1) is 16.8. The fraction of sp³-hybridized carbons (Fsp3) is 0.556. The summed E-state index contributed by atoms with van der Waals surface area (Å²) < 4.78 is 5.39. The lowest BCUT2D eigenvalue weighted by Crippen LogP contribution is -2.37. The highest BCUT2D eigenvalue weighted by atomic mass is 16.5. The summed E-state index contributed by atoms with van der Waals surface area (Å²) in [5.41, 5.74) is 2.96. The lowest BCUT2D eigenvalue weighted by atomic mass is 10.1. The molecule has 2 aliphatic rings. The first-order valence-electron chi connectivity index (χ1n) is 9.16. The summed E-state index contributed by atoms with van der Waals surface area (Å²) >= 11 is 0. The van der Waals surface area contributed by atoms with Crippen molar-refractivity contribution >= 4 is 23.6 Å². The zero-order chi connectivity index (χ0) is 18.3. The Morgan fingerprint density at radius 3 is 2.92 bits per heavy atom. The molecule has 4 rings (SSSR count). The first-order chi connectivity index (χ1) is 12.5. The van der Waals surface area contributed by atoms with E-state index in [9.17, 15) is 9.90 Å². The van der Waals surface area contributed by atoms with E-state index < -0.39 is 12.0 Å². The maximum atomic E-state index is 11.5. The van der Waals surface area contributed by atoms with Gasteiger partial charge in [0.25, 0.3) is 0 Å². The summed E-state index contributed by atoms with van der Waals surface area (Å²) in [5, 5.41) is 16.8. The molecule has 2 aromatic heterocycles. The fourth-order valence-electron chi connectivity index (χ4n) is 3.65. The predicted octanol–water partition coefficient (Wildman–Crippen LogP) is 2.87. The number of hydrogen-bond donors (Lipinski definition) is 2. The smallest absolute Gasteiger partial charge is 0.326 e. The molecule has 0 amide bonds. The molecule has 1 aliphatic heterocycles. The van der Waals surface area contributed by atoms with Crippen molar-refractivity contribution in [1.82, 2.24) is 15.1 Å². The molecule has 138 valence electrons. The van der Waals surface area contributed by atoms with E-state index in [4.69, 9.17) is 4.52 Å². The van der Waals surface area contributed by atoms with Crippen molar-refractivity contribution in [2.24, 2.45) is 0 Å². The summed E-state index contributed by atoms with van der Waals surface area (Å²) in [5.74, 6) is 1.19. The summed E-state index contributed by atoms with van der Waals surface area (Å²) in [4.78, 5) is 22.7. The van der Waals surface area contributed by atoms with E-state index in [0.29, 0.717) is 30.6 Å². The molecule has 1 unspecified atom stereocenters. The van der Waals surface area contributed by atoms with Crippen molar-refractivity contribution in [3.63, 3.8) is 0 Å². The Balaban J connectivity index is 1.67. The number of nitrogens with zero attached hydrogens (tertiary/aromatic N) is 4. The normalized spacial score (nSPS) is 19.2. The van der Waals surface area contributed by atoms with Gasteiger partial charge in [-0.2, -0.15) is 4.98 Å². The van der Waals surface area contributed by atoms with E-state index in [1.54, 1.807) is 4.90 Å². The number of anilines is 3. The van der Waals surface area contributed by atoms with Crippen LogP contribution in [0.2, 0.25) is 0 Å². The maximum Gasteiger partial charge on any atom is 0.326 e. The molecular formula is C18H23N5O3. The van der Waals surface area contributed by atoms with Crippen LogP contribution in [0.15, 0.2) is 10.6 Å². The van der Waals surface area contributed by atoms with Crippen molar-refractivity contribution in [1.29, 1.82) is 0 Å². The van der Waals surface area contributed by atoms with Crippen molar-refractivity contribution in [2.45, 2.75) is 57.9 Å². The topological polar surface area (TPSA) is 104 Å². The van der Waals surface area contributed by atoms with Gasteiger partial charge in [0.1, 0.15) is 11.9 Å². The monoisotopic (exact) mass is 357 g/mol. The van der Waals surface area contributed by atoms with Gasteiger partial charge in [-0.05, 0) is 38.0 Å². The molecule has 1 atom stereocenters. The van der Waals surface area contributed by atoms with Crippen LogP contribution in [0.4, 0.5) is 17.7 Å². The van der Waals surface area contributed by atoms with E-state index in [1.165, 1.54) is 0 Å². The molecule has 2 N–H and O–H groups in total. The number of aryl methyl sites for hydroxylation is 1. The third-order valence-electron chi connectivity index (χ3n) is 5.08. The molecule has 8 heteroatoms. The van der Waals surface area contributed by atoms with Gasteiger partial charge in [0.05, 0.1) is 11.4 Å². The largest absolute Gasteiger partial charge is 0.480 e. The van der Waals surface area contributed by atoms with Crippen molar-refractivity contribution in [2.75, 3.05) is 16.8 Å². The molecule has 1 saturated heterocycles. The Bertz CT molecular complexity index is 832. The van der Waals surface area contributed by atoms with Crippen molar-refractivity contribution in [3.05, 3.63) is 23.0 Å². The Morgan fingerprint density at radius 1 is 1.35 bits per heavy atom. The highest BCUT2D eigenvalue weighted by Gasteiger charge is 2.33. The average molecular weight is 357 g/mol. The zero-order valence-electron chi connectivity index (χ0n) is 15.0. The van der Waals surface area contributed by atoms with E-state index in [1.807, 2.05) is 6.07 Å². The highest BCUT2D eigenvalue weighted by Crippen LogP contribution is 2.33. The molecule has 3 heterocycles. The molecule has 8 nitrogen and oxygen atoms in total. The van der Waals surface area contributed by atoms with Crippen LogP contribution < -0.4 is 10.2 Å². The third kappa shape index (κ3) is 3.00. The van der Waals surface area contributed by atoms with Crippen LogP contribution >= 0.6 is 0 Å². The quantitative estimate of drug-likeness (QED) is 0.842. The number of nitrogens with one attached hydrogen (secondary N) is 1. The summed E-state index contributed by atoms with van der Waals surface area (Å²) in [6.07, 6.45) is 4.28. The number of aliphatic carboxylic acids is 1. The van der Waals surface area contributed by atoms with Crippen LogP contribution in [-0.2, 0) is 17.6 Å². The molecule has 26 heavy (non-hydrogen) atoms. The van der Waals surface area contributed by atoms with Crippen LogP contribution in [0.3, 0.4) is 0 Å². The predicted molar refractivity (Wildman–Crippen MR) is 95.9 cm³/mol. The lowest BCUT2D eigenvalue weighted by Gasteiger charge is -2.22. The standard InChI is InChI=1S/C18H23N5O3/c1-10(2)13-9-15(26-22-13)20-16-11-5-3-6-12(11)19-18(21-16)23-8-4-7-14(23)17(24)25/h9-10,14H,3-8H2,1-2H3,(H,24,25)(H,19,20,21). The minimum absolute atomic E-state index is 0.280. The average Bonchev–Trinajstić information content (AvgIpc) is 3.34. The Hall–Kier alpha value is -2.64. The van der Waals surface area contributed by atoms with E-state index in [2.05, 4.69) is 34.3 Å². The Kier molecular flexibility index (Phi) is 4.26. The van der Waals surface area contributed by atoms with Gasteiger partial charge in [-0.15, -0.1) is 0 Å². The molecule has 0 radical (unpaired) electrons. The highest BCUT2D eigenvalue weighted by molar-refractivity contribution is 5.78. The zero-order valence-corrected chi connectivity index (χ0v) is 15.0.